The van der Waals surface area contributed by atoms with Gasteiger partial charge in [-0.25, -0.2) is 0 Å². The van der Waals surface area contributed by atoms with Gasteiger partial charge in [0.15, 0.2) is 0 Å². The van der Waals surface area contributed by atoms with Crippen molar-refractivity contribution in [3.8, 4) is 0 Å². The minimum Gasteiger partial charge on any atom is -0.368 e. The van der Waals surface area contributed by atoms with Crippen molar-refractivity contribution < 1.29 is 9.59 Å². The molecule has 5 rings (SSSR count). The van der Waals surface area contributed by atoms with E-state index < -0.39 is 0 Å². The quantitative estimate of drug-likeness (QED) is 0.466. The van der Waals surface area contributed by atoms with Gasteiger partial charge in [0.25, 0.3) is 5.91 Å². The van der Waals surface area contributed by atoms with Gasteiger partial charge in [0, 0.05) is 49.0 Å². The molecule has 2 heterocycles. The molecule has 0 aliphatic carbocycles. The fraction of sp³-hybridized carbons (Fsp3) is 0.286. The fourth-order valence-electron chi connectivity index (χ4n) is 4.73. The summed E-state index contributed by atoms with van der Waals surface area (Å²) in [7, 11) is 0. The second-order valence-electron chi connectivity index (χ2n) is 9.00. The van der Waals surface area contributed by atoms with E-state index in [2.05, 4.69) is 11.8 Å². The number of piperazine rings is 1. The average Bonchev–Trinajstić information content (AvgIpc) is 3.25. The number of halogens is 1. The van der Waals surface area contributed by atoms with Crippen molar-refractivity contribution in [3.05, 3.63) is 100 Å². The lowest BCUT2D eigenvalue weighted by molar-refractivity contribution is -0.128. The number of hydrogen-bond donors (Lipinski definition) is 0. The number of anilines is 1. The Hall–Kier alpha value is -2.96. The normalized spacial score (nSPS) is 18.3. The molecule has 0 unspecified atom stereocenters. The lowest BCUT2D eigenvalue weighted by atomic mass is 10.1. The molecule has 180 valence electrons. The molecular weight excluding hydrogens is 478 g/mol. The zero-order chi connectivity index (χ0) is 24.4. The third-order valence-corrected chi connectivity index (χ3v) is 8.18. The third-order valence-electron chi connectivity index (χ3n) is 6.69. The first kappa shape index (κ1) is 23.8. The molecule has 0 aromatic heterocycles. The summed E-state index contributed by atoms with van der Waals surface area (Å²) in [6.45, 7) is 5.58. The number of carbonyl (C=O) groups is 2. The van der Waals surface area contributed by atoms with Crippen molar-refractivity contribution in [3.63, 3.8) is 0 Å². The molecule has 2 aliphatic heterocycles. The summed E-state index contributed by atoms with van der Waals surface area (Å²) in [6, 6.07) is 23.8. The van der Waals surface area contributed by atoms with Crippen LogP contribution in [0.1, 0.15) is 32.4 Å². The standard InChI is InChI=1S/C28H28ClN3O2S/c1-20-7-12-24(29)17-25(20)30-13-15-31(16-14-30)27(34)22-8-10-23(11-9-22)28-32(26(33)19-35-28)18-21-5-3-2-4-6-21/h2-12,17,28H,13-16,18-19H2,1H3/t28-/m1/s1. The predicted octanol–water partition coefficient (Wildman–Crippen LogP) is 5.39. The summed E-state index contributed by atoms with van der Waals surface area (Å²) in [5, 5.41) is 0.699. The Morgan fingerprint density at radius 2 is 1.69 bits per heavy atom. The number of carbonyl (C=O) groups excluding carboxylic acids is 2. The first-order valence-electron chi connectivity index (χ1n) is 11.8. The number of benzene rings is 3. The first-order chi connectivity index (χ1) is 17.0. The van der Waals surface area contributed by atoms with Gasteiger partial charge in [0.2, 0.25) is 5.91 Å². The van der Waals surface area contributed by atoms with Crippen molar-refractivity contribution in [2.75, 3.05) is 36.8 Å². The summed E-state index contributed by atoms with van der Waals surface area (Å²) < 4.78 is 0. The van der Waals surface area contributed by atoms with Crippen molar-refractivity contribution in [1.29, 1.82) is 0 Å². The summed E-state index contributed by atoms with van der Waals surface area (Å²) >= 11 is 7.84. The molecule has 35 heavy (non-hydrogen) atoms. The van der Waals surface area contributed by atoms with E-state index in [-0.39, 0.29) is 17.2 Å². The molecule has 7 heteroatoms. The van der Waals surface area contributed by atoms with Crippen LogP contribution in [-0.4, -0.2) is 53.5 Å². The SMILES string of the molecule is Cc1ccc(Cl)cc1N1CCN(C(=O)c2ccc([C@H]3SCC(=O)N3Cc3ccccc3)cc2)CC1. The molecule has 0 bridgehead atoms. The van der Waals surface area contributed by atoms with E-state index in [1.165, 1.54) is 5.56 Å². The van der Waals surface area contributed by atoms with Gasteiger partial charge in [0.1, 0.15) is 5.37 Å². The second kappa shape index (κ2) is 10.3. The Morgan fingerprint density at radius 1 is 0.971 bits per heavy atom. The van der Waals surface area contributed by atoms with Crippen LogP contribution in [0, 0.1) is 6.92 Å². The number of aryl methyl sites for hydroxylation is 1. The fourth-order valence-corrected chi connectivity index (χ4v) is 6.08. The molecular formula is C28H28ClN3O2S. The molecule has 5 nitrogen and oxygen atoms in total. The Morgan fingerprint density at radius 3 is 2.40 bits per heavy atom. The number of amides is 2. The largest absolute Gasteiger partial charge is 0.368 e. The second-order valence-corrected chi connectivity index (χ2v) is 10.5. The van der Waals surface area contributed by atoms with E-state index in [0.717, 1.165) is 34.9 Å². The van der Waals surface area contributed by atoms with Crippen LogP contribution in [0.15, 0.2) is 72.8 Å². The maximum Gasteiger partial charge on any atom is 0.253 e. The highest BCUT2D eigenvalue weighted by molar-refractivity contribution is 8.00. The van der Waals surface area contributed by atoms with Crippen LogP contribution < -0.4 is 4.90 Å². The summed E-state index contributed by atoms with van der Waals surface area (Å²) in [5.74, 6) is 0.682. The number of hydrogen-bond acceptors (Lipinski definition) is 4. The van der Waals surface area contributed by atoms with E-state index in [0.29, 0.717) is 31.0 Å². The summed E-state index contributed by atoms with van der Waals surface area (Å²) in [4.78, 5) is 31.9. The zero-order valence-electron chi connectivity index (χ0n) is 19.7. The molecule has 2 fully saturated rings. The summed E-state index contributed by atoms with van der Waals surface area (Å²) in [6.07, 6.45) is 0. The Balaban J connectivity index is 1.23. The Bertz CT molecular complexity index is 1210. The molecule has 0 spiro atoms. The van der Waals surface area contributed by atoms with E-state index in [1.807, 2.05) is 82.6 Å². The van der Waals surface area contributed by atoms with Crippen molar-refractivity contribution in [2.24, 2.45) is 0 Å². The van der Waals surface area contributed by atoms with Gasteiger partial charge >= 0.3 is 0 Å². The third kappa shape index (κ3) is 5.19. The highest BCUT2D eigenvalue weighted by atomic mass is 35.5. The first-order valence-corrected chi connectivity index (χ1v) is 13.3. The molecule has 2 amide bonds. The lowest BCUT2D eigenvalue weighted by Gasteiger charge is -2.37. The lowest BCUT2D eigenvalue weighted by Crippen LogP contribution is -2.49. The maximum absolute atomic E-state index is 13.2. The predicted molar refractivity (Wildman–Crippen MR) is 143 cm³/mol. The molecule has 2 aliphatic rings. The number of nitrogens with zero attached hydrogens (tertiary/aromatic N) is 3. The molecule has 0 radical (unpaired) electrons. The highest BCUT2D eigenvalue weighted by Gasteiger charge is 2.33. The van der Waals surface area contributed by atoms with Gasteiger partial charge < -0.3 is 14.7 Å². The van der Waals surface area contributed by atoms with Gasteiger partial charge in [-0.3, -0.25) is 9.59 Å². The van der Waals surface area contributed by atoms with Gasteiger partial charge in [0.05, 0.1) is 5.75 Å². The van der Waals surface area contributed by atoms with Crippen LogP contribution in [0.5, 0.6) is 0 Å². The molecule has 0 N–H and O–H groups in total. The van der Waals surface area contributed by atoms with Crippen LogP contribution in [0.2, 0.25) is 5.02 Å². The average molecular weight is 506 g/mol. The van der Waals surface area contributed by atoms with Gasteiger partial charge in [-0.15, -0.1) is 11.8 Å². The van der Waals surface area contributed by atoms with E-state index in [9.17, 15) is 9.59 Å². The van der Waals surface area contributed by atoms with Crippen LogP contribution >= 0.6 is 23.4 Å². The van der Waals surface area contributed by atoms with E-state index in [1.54, 1.807) is 11.8 Å². The van der Waals surface area contributed by atoms with Crippen LogP contribution in [-0.2, 0) is 11.3 Å². The van der Waals surface area contributed by atoms with Crippen molar-refractivity contribution >= 4 is 40.9 Å². The van der Waals surface area contributed by atoms with Crippen LogP contribution in [0.3, 0.4) is 0 Å². The summed E-state index contributed by atoms with van der Waals surface area (Å²) in [5.41, 5.74) is 5.18. The smallest absolute Gasteiger partial charge is 0.253 e. The molecule has 3 aromatic rings. The topological polar surface area (TPSA) is 43.9 Å². The van der Waals surface area contributed by atoms with E-state index >= 15 is 0 Å². The molecule has 2 saturated heterocycles. The minimum absolute atomic E-state index is 0.0312. The van der Waals surface area contributed by atoms with Crippen LogP contribution in [0.25, 0.3) is 0 Å². The van der Waals surface area contributed by atoms with E-state index in [4.69, 9.17) is 11.6 Å². The molecule has 0 saturated carbocycles. The zero-order valence-corrected chi connectivity index (χ0v) is 21.3. The van der Waals surface area contributed by atoms with Gasteiger partial charge in [-0.1, -0.05) is 60.1 Å². The minimum atomic E-state index is -0.0312. The Labute approximate surface area is 215 Å². The molecule has 3 aromatic carbocycles. The Kier molecular flexibility index (Phi) is 7.02. The highest BCUT2D eigenvalue weighted by Crippen LogP contribution is 2.39. The van der Waals surface area contributed by atoms with Crippen molar-refractivity contribution in [1.82, 2.24) is 9.80 Å². The molecule has 1 atom stereocenters. The van der Waals surface area contributed by atoms with Gasteiger partial charge in [-0.2, -0.15) is 0 Å². The maximum atomic E-state index is 13.2. The number of thioether (sulfide) groups is 1. The van der Waals surface area contributed by atoms with Crippen LogP contribution in [0.4, 0.5) is 5.69 Å². The van der Waals surface area contributed by atoms with Gasteiger partial charge in [-0.05, 0) is 47.9 Å². The monoisotopic (exact) mass is 505 g/mol. The number of rotatable bonds is 5. The van der Waals surface area contributed by atoms with Crippen molar-refractivity contribution in [2.45, 2.75) is 18.8 Å².